The van der Waals surface area contributed by atoms with Crippen LogP contribution in [0, 0.1) is 11.8 Å². The average Bonchev–Trinajstić information content (AvgIpc) is 3.12. The number of ether oxygens (including phenoxy) is 1. The first-order chi connectivity index (χ1) is 9.45. The first kappa shape index (κ1) is 15.3. The van der Waals surface area contributed by atoms with Gasteiger partial charge in [0, 0.05) is 13.6 Å². The summed E-state index contributed by atoms with van der Waals surface area (Å²) in [6.07, 6.45) is 1.10. The van der Waals surface area contributed by atoms with Crippen molar-refractivity contribution in [1.29, 1.82) is 0 Å². The first-order valence-corrected chi connectivity index (χ1v) is 8.19. The van der Waals surface area contributed by atoms with Crippen LogP contribution in [0.15, 0.2) is 29.2 Å². The Morgan fingerprint density at radius 2 is 1.95 bits per heavy atom. The lowest BCUT2D eigenvalue weighted by atomic mass is 10.3. The van der Waals surface area contributed by atoms with Crippen LogP contribution >= 0.6 is 0 Å². The Morgan fingerprint density at radius 1 is 1.35 bits per heavy atom. The van der Waals surface area contributed by atoms with Gasteiger partial charge in [0.15, 0.2) is 0 Å². The smallest absolute Gasteiger partial charge is 0.242 e. The van der Waals surface area contributed by atoms with Crippen molar-refractivity contribution in [3.8, 4) is 5.75 Å². The van der Waals surface area contributed by atoms with Gasteiger partial charge >= 0.3 is 0 Å². The standard InChI is InChI=1S/C14H21NO4S/c1-11-9-12(11)10-15(2)20(17,18)14-5-3-13(4-6-14)19-8-7-16/h3-6,11-12,16H,7-10H2,1-2H3. The van der Waals surface area contributed by atoms with Crippen molar-refractivity contribution >= 4 is 10.0 Å². The Hall–Kier alpha value is -1.11. The van der Waals surface area contributed by atoms with E-state index in [0.717, 1.165) is 6.42 Å². The average molecular weight is 299 g/mol. The van der Waals surface area contributed by atoms with E-state index in [2.05, 4.69) is 6.92 Å². The fourth-order valence-corrected chi connectivity index (χ4v) is 3.36. The molecule has 0 bridgehead atoms. The second-order valence-electron chi connectivity index (χ2n) is 5.30. The topological polar surface area (TPSA) is 66.8 Å². The Bertz CT molecular complexity index is 541. The van der Waals surface area contributed by atoms with Crippen molar-refractivity contribution < 1.29 is 18.3 Å². The Labute approximate surface area is 120 Å². The van der Waals surface area contributed by atoms with E-state index in [0.29, 0.717) is 24.1 Å². The zero-order valence-corrected chi connectivity index (χ0v) is 12.6. The molecule has 1 N–H and O–H groups in total. The number of rotatable bonds is 7. The Balaban J connectivity index is 2.04. The third-order valence-electron chi connectivity index (χ3n) is 3.66. The molecule has 20 heavy (non-hydrogen) atoms. The van der Waals surface area contributed by atoms with Crippen LogP contribution in [0.5, 0.6) is 5.75 Å². The molecule has 2 atom stereocenters. The number of hydrogen-bond acceptors (Lipinski definition) is 4. The minimum absolute atomic E-state index is 0.0671. The zero-order chi connectivity index (χ0) is 14.8. The summed E-state index contributed by atoms with van der Waals surface area (Å²) in [7, 11) is -1.80. The van der Waals surface area contributed by atoms with E-state index in [1.165, 1.54) is 16.4 Å². The molecule has 2 rings (SSSR count). The fourth-order valence-electron chi connectivity index (χ4n) is 2.13. The van der Waals surface area contributed by atoms with Gasteiger partial charge in [0.2, 0.25) is 10.0 Å². The molecule has 0 aliphatic heterocycles. The molecule has 2 unspecified atom stereocenters. The van der Waals surface area contributed by atoms with Gasteiger partial charge in [0.25, 0.3) is 0 Å². The highest BCUT2D eigenvalue weighted by molar-refractivity contribution is 7.89. The summed E-state index contributed by atoms with van der Waals surface area (Å²) in [4.78, 5) is 0.268. The van der Waals surface area contributed by atoms with Gasteiger partial charge < -0.3 is 9.84 Å². The van der Waals surface area contributed by atoms with Crippen molar-refractivity contribution in [3.05, 3.63) is 24.3 Å². The summed E-state index contributed by atoms with van der Waals surface area (Å²) in [5.41, 5.74) is 0. The van der Waals surface area contributed by atoms with Gasteiger partial charge in [-0.25, -0.2) is 12.7 Å². The van der Waals surface area contributed by atoms with Crippen molar-refractivity contribution in [2.45, 2.75) is 18.2 Å². The number of benzene rings is 1. The van der Waals surface area contributed by atoms with E-state index in [9.17, 15) is 8.42 Å². The maximum absolute atomic E-state index is 12.4. The number of hydrogen-bond donors (Lipinski definition) is 1. The van der Waals surface area contributed by atoms with Gasteiger partial charge in [-0.05, 0) is 42.5 Å². The molecule has 1 fully saturated rings. The molecule has 1 saturated carbocycles. The lowest BCUT2D eigenvalue weighted by Gasteiger charge is -2.17. The van der Waals surface area contributed by atoms with E-state index in [1.807, 2.05) is 0 Å². The van der Waals surface area contributed by atoms with Crippen molar-refractivity contribution in [2.75, 3.05) is 26.8 Å². The van der Waals surface area contributed by atoms with Crippen LogP contribution in [0.25, 0.3) is 0 Å². The quantitative estimate of drug-likeness (QED) is 0.825. The number of sulfonamides is 1. The lowest BCUT2D eigenvalue weighted by molar-refractivity contribution is 0.201. The van der Waals surface area contributed by atoms with Gasteiger partial charge in [-0.2, -0.15) is 0 Å². The molecule has 0 radical (unpaired) electrons. The van der Waals surface area contributed by atoms with E-state index in [1.54, 1.807) is 19.2 Å². The number of nitrogens with zero attached hydrogens (tertiary/aromatic N) is 1. The fraction of sp³-hybridized carbons (Fsp3) is 0.571. The zero-order valence-electron chi connectivity index (χ0n) is 11.8. The van der Waals surface area contributed by atoms with Gasteiger partial charge in [0.1, 0.15) is 12.4 Å². The molecule has 1 aliphatic carbocycles. The Morgan fingerprint density at radius 3 is 2.45 bits per heavy atom. The molecule has 1 aromatic rings. The predicted octanol–water partition coefficient (Wildman–Crippen LogP) is 1.33. The van der Waals surface area contributed by atoms with Crippen LogP contribution in [0.1, 0.15) is 13.3 Å². The second kappa shape index (κ2) is 6.11. The molecular weight excluding hydrogens is 278 g/mol. The van der Waals surface area contributed by atoms with Gasteiger partial charge in [0.05, 0.1) is 11.5 Å². The highest BCUT2D eigenvalue weighted by Crippen LogP contribution is 2.38. The molecular formula is C14H21NO4S. The molecule has 5 nitrogen and oxygen atoms in total. The molecule has 0 spiro atoms. The maximum atomic E-state index is 12.4. The summed E-state index contributed by atoms with van der Waals surface area (Å²) in [5, 5.41) is 8.67. The van der Waals surface area contributed by atoms with E-state index in [-0.39, 0.29) is 18.1 Å². The van der Waals surface area contributed by atoms with Crippen LogP contribution in [0.2, 0.25) is 0 Å². The largest absolute Gasteiger partial charge is 0.491 e. The molecule has 6 heteroatoms. The van der Waals surface area contributed by atoms with E-state index in [4.69, 9.17) is 9.84 Å². The third-order valence-corrected chi connectivity index (χ3v) is 5.50. The van der Waals surface area contributed by atoms with E-state index >= 15 is 0 Å². The molecule has 1 aliphatic rings. The van der Waals surface area contributed by atoms with Gasteiger partial charge in [-0.1, -0.05) is 6.92 Å². The molecule has 0 heterocycles. The molecule has 112 valence electrons. The summed E-state index contributed by atoms with van der Waals surface area (Å²) in [6.45, 7) is 2.85. The summed E-state index contributed by atoms with van der Waals surface area (Å²) in [6, 6.07) is 6.29. The van der Waals surface area contributed by atoms with Crippen LogP contribution in [-0.2, 0) is 10.0 Å². The summed E-state index contributed by atoms with van der Waals surface area (Å²) < 4.78 is 31.4. The molecule has 1 aromatic carbocycles. The second-order valence-corrected chi connectivity index (χ2v) is 7.35. The third kappa shape index (κ3) is 3.50. The lowest BCUT2D eigenvalue weighted by Crippen LogP contribution is -2.29. The van der Waals surface area contributed by atoms with Crippen LogP contribution < -0.4 is 4.74 Å². The summed E-state index contributed by atoms with van der Waals surface area (Å²) >= 11 is 0. The highest BCUT2D eigenvalue weighted by Gasteiger charge is 2.36. The van der Waals surface area contributed by atoms with Crippen LogP contribution in [0.4, 0.5) is 0 Å². The number of aliphatic hydroxyl groups excluding tert-OH is 1. The number of aliphatic hydroxyl groups is 1. The van der Waals surface area contributed by atoms with E-state index < -0.39 is 10.0 Å². The minimum Gasteiger partial charge on any atom is -0.491 e. The maximum Gasteiger partial charge on any atom is 0.242 e. The van der Waals surface area contributed by atoms with Crippen molar-refractivity contribution in [1.82, 2.24) is 4.31 Å². The minimum atomic E-state index is -3.43. The SMILES string of the molecule is CC1CC1CN(C)S(=O)(=O)c1ccc(OCCO)cc1. The summed E-state index contributed by atoms with van der Waals surface area (Å²) in [5.74, 6) is 1.67. The monoisotopic (exact) mass is 299 g/mol. The highest BCUT2D eigenvalue weighted by atomic mass is 32.2. The van der Waals surface area contributed by atoms with Gasteiger partial charge in [-0.15, -0.1) is 0 Å². The predicted molar refractivity (Wildman–Crippen MR) is 76.1 cm³/mol. The normalized spacial score (nSPS) is 22.0. The molecule has 0 saturated heterocycles. The van der Waals surface area contributed by atoms with Crippen molar-refractivity contribution in [2.24, 2.45) is 11.8 Å². The van der Waals surface area contributed by atoms with Crippen LogP contribution in [0.3, 0.4) is 0 Å². The van der Waals surface area contributed by atoms with Gasteiger partial charge in [-0.3, -0.25) is 0 Å². The van der Waals surface area contributed by atoms with Crippen LogP contribution in [-0.4, -0.2) is 44.6 Å². The molecule has 0 amide bonds. The first-order valence-electron chi connectivity index (χ1n) is 6.75. The van der Waals surface area contributed by atoms with Crippen molar-refractivity contribution in [3.63, 3.8) is 0 Å². The molecule has 0 aromatic heterocycles. The Kier molecular flexibility index (Phi) is 4.67.